The monoisotopic (exact) mass is 450 g/mol. The van der Waals surface area contributed by atoms with E-state index in [1.165, 1.54) is 4.90 Å². The van der Waals surface area contributed by atoms with Crippen molar-refractivity contribution in [2.45, 2.75) is 39.4 Å². The standard InChI is InChI=1S/C26H30N2O5/c1-5-13-32-20-10-8-9-19(14-20)28-25(29)23(21-11-6-7-12-22(21)31-4)24(26(28)30)27-15-17(2)33-18(3)16-27/h6-12,14,17-18H,5,13,15-16H2,1-4H3. The van der Waals surface area contributed by atoms with Crippen LogP contribution in [-0.2, 0) is 14.3 Å². The first-order chi connectivity index (χ1) is 15.9. The van der Waals surface area contributed by atoms with E-state index in [1.807, 2.05) is 49.9 Å². The molecule has 0 N–H and O–H groups in total. The number of hydrogen-bond donors (Lipinski definition) is 0. The molecule has 2 atom stereocenters. The number of benzene rings is 2. The SMILES string of the molecule is CCCOc1cccc(N2C(=O)C(c3ccccc3OC)=C(N3CC(C)OC(C)C3)C2=O)c1. The van der Waals surface area contributed by atoms with Gasteiger partial charge in [0.25, 0.3) is 11.8 Å². The van der Waals surface area contributed by atoms with Gasteiger partial charge in [-0.1, -0.05) is 31.2 Å². The van der Waals surface area contributed by atoms with Crippen LogP contribution in [0, 0.1) is 0 Å². The lowest BCUT2D eigenvalue weighted by atomic mass is 10.0. The first kappa shape index (κ1) is 22.9. The maximum Gasteiger partial charge on any atom is 0.282 e. The number of hydrogen-bond acceptors (Lipinski definition) is 6. The minimum Gasteiger partial charge on any atom is -0.496 e. The highest BCUT2D eigenvalue weighted by Gasteiger charge is 2.44. The first-order valence-electron chi connectivity index (χ1n) is 11.3. The number of nitrogens with zero attached hydrogens (tertiary/aromatic N) is 2. The highest BCUT2D eigenvalue weighted by Crippen LogP contribution is 2.39. The van der Waals surface area contributed by atoms with Crippen molar-refractivity contribution >= 4 is 23.1 Å². The third-order valence-electron chi connectivity index (χ3n) is 5.72. The van der Waals surface area contributed by atoms with Gasteiger partial charge < -0.3 is 19.1 Å². The number of anilines is 1. The van der Waals surface area contributed by atoms with Gasteiger partial charge in [0.05, 0.1) is 37.2 Å². The third kappa shape index (κ3) is 4.46. The Morgan fingerprint density at radius 2 is 1.73 bits per heavy atom. The van der Waals surface area contributed by atoms with E-state index in [9.17, 15) is 9.59 Å². The average molecular weight is 451 g/mol. The molecule has 174 valence electrons. The quantitative estimate of drug-likeness (QED) is 0.597. The van der Waals surface area contributed by atoms with Crippen LogP contribution >= 0.6 is 0 Å². The number of ether oxygens (including phenoxy) is 3. The molecule has 4 rings (SSSR count). The molecule has 0 saturated carbocycles. The number of methoxy groups -OCH3 is 1. The summed E-state index contributed by atoms with van der Waals surface area (Å²) in [5, 5.41) is 0. The van der Waals surface area contributed by atoms with Gasteiger partial charge in [-0.25, -0.2) is 4.90 Å². The molecule has 0 spiro atoms. The van der Waals surface area contributed by atoms with Gasteiger partial charge in [0.1, 0.15) is 17.2 Å². The maximum absolute atomic E-state index is 13.8. The predicted molar refractivity (Wildman–Crippen MR) is 126 cm³/mol. The number of rotatable bonds is 7. The highest BCUT2D eigenvalue weighted by molar-refractivity contribution is 6.45. The summed E-state index contributed by atoms with van der Waals surface area (Å²) in [6.07, 6.45) is 0.730. The van der Waals surface area contributed by atoms with E-state index in [4.69, 9.17) is 14.2 Å². The van der Waals surface area contributed by atoms with E-state index < -0.39 is 0 Å². The van der Waals surface area contributed by atoms with E-state index in [-0.39, 0.29) is 24.0 Å². The number of para-hydroxylation sites is 1. The fraction of sp³-hybridized carbons (Fsp3) is 0.385. The molecule has 1 fully saturated rings. The molecule has 2 aliphatic heterocycles. The number of carbonyl (C=O) groups is 2. The lowest BCUT2D eigenvalue weighted by molar-refractivity contribution is -0.121. The lowest BCUT2D eigenvalue weighted by Crippen LogP contribution is -2.47. The smallest absolute Gasteiger partial charge is 0.282 e. The van der Waals surface area contributed by atoms with Crippen LogP contribution in [0.4, 0.5) is 5.69 Å². The number of carbonyl (C=O) groups excluding carboxylic acids is 2. The Morgan fingerprint density at radius 3 is 2.42 bits per heavy atom. The fourth-order valence-corrected chi connectivity index (χ4v) is 4.43. The van der Waals surface area contributed by atoms with Crippen LogP contribution in [0.15, 0.2) is 54.2 Å². The summed E-state index contributed by atoms with van der Waals surface area (Å²) in [7, 11) is 1.56. The van der Waals surface area contributed by atoms with Crippen LogP contribution in [0.25, 0.3) is 5.57 Å². The topological polar surface area (TPSA) is 68.3 Å². The Bertz CT molecular complexity index is 1070. The molecule has 2 heterocycles. The summed E-state index contributed by atoms with van der Waals surface area (Å²) in [5.41, 5.74) is 1.81. The second-order valence-electron chi connectivity index (χ2n) is 8.38. The van der Waals surface area contributed by atoms with Gasteiger partial charge in [0, 0.05) is 24.7 Å². The second kappa shape index (κ2) is 9.67. The second-order valence-corrected chi connectivity index (χ2v) is 8.38. The highest BCUT2D eigenvalue weighted by atomic mass is 16.5. The summed E-state index contributed by atoms with van der Waals surface area (Å²) in [6.45, 7) is 7.57. The molecule has 0 aromatic heterocycles. The Morgan fingerprint density at radius 1 is 1.00 bits per heavy atom. The van der Waals surface area contributed by atoms with E-state index >= 15 is 0 Å². The molecular formula is C26H30N2O5. The Hall–Kier alpha value is -3.32. The van der Waals surface area contributed by atoms with Crippen LogP contribution in [0.5, 0.6) is 11.5 Å². The maximum atomic E-state index is 13.8. The van der Waals surface area contributed by atoms with Gasteiger partial charge in [0.2, 0.25) is 0 Å². The predicted octanol–water partition coefficient (Wildman–Crippen LogP) is 3.88. The molecule has 0 bridgehead atoms. The first-order valence-corrected chi connectivity index (χ1v) is 11.3. The van der Waals surface area contributed by atoms with Gasteiger partial charge in [-0.2, -0.15) is 0 Å². The minimum absolute atomic E-state index is 0.0668. The minimum atomic E-state index is -0.376. The molecule has 0 aliphatic carbocycles. The zero-order chi connectivity index (χ0) is 23.5. The molecule has 1 saturated heterocycles. The summed E-state index contributed by atoms with van der Waals surface area (Å²) in [4.78, 5) is 30.8. The van der Waals surface area contributed by atoms with E-state index in [0.29, 0.717) is 53.7 Å². The molecule has 33 heavy (non-hydrogen) atoms. The van der Waals surface area contributed by atoms with Gasteiger partial charge in [-0.3, -0.25) is 9.59 Å². The molecule has 2 aromatic rings. The van der Waals surface area contributed by atoms with E-state index in [1.54, 1.807) is 31.4 Å². The van der Waals surface area contributed by atoms with Crippen molar-refractivity contribution < 1.29 is 23.8 Å². The van der Waals surface area contributed by atoms with Crippen molar-refractivity contribution in [2.24, 2.45) is 0 Å². The molecule has 2 unspecified atom stereocenters. The number of amides is 2. The van der Waals surface area contributed by atoms with E-state index in [0.717, 1.165) is 6.42 Å². The Kier molecular flexibility index (Phi) is 6.70. The van der Waals surface area contributed by atoms with Crippen LogP contribution in [0.3, 0.4) is 0 Å². The Balaban J connectivity index is 1.81. The summed E-state index contributed by atoms with van der Waals surface area (Å²) in [6, 6.07) is 14.4. The van der Waals surface area contributed by atoms with Crippen molar-refractivity contribution in [1.29, 1.82) is 0 Å². The van der Waals surface area contributed by atoms with E-state index in [2.05, 4.69) is 0 Å². The molecule has 2 amide bonds. The molecule has 0 radical (unpaired) electrons. The largest absolute Gasteiger partial charge is 0.496 e. The molecular weight excluding hydrogens is 420 g/mol. The van der Waals surface area contributed by atoms with Crippen LogP contribution in [0.2, 0.25) is 0 Å². The number of imide groups is 1. The van der Waals surface area contributed by atoms with Crippen molar-refractivity contribution in [1.82, 2.24) is 4.90 Å². The van der Waals surface area contributed by atoms with Crippen LogP contribution in [0.1, 0.15) is 32.8 Å². The summed E-state index contributed by atoms with van der Waals surface area (Å²) in [5.74, 6) is 0.437. The van der Waals surface area contributed by atoms with Crippen LogP contribution in [-0.4, -0.2) is 55.7 Å². The van der Waals surface area contributed by atoms with Crippen molar-refractivity contribution in [3.05, 3.63) is 59.8 Å². The van der Waals surface area contributed by atoms with Gasteiger partial charge in [-0.15, -0.1) is 0 Å². The molecule has 7 nitrogen and oxygen atoms in total. The lowest BCUT2D eigenvalue weighted by Gasteiger charge is -2.37. The zero-order valence-electron chi connectivity index (χ0n) is 19.5. The number of morpholine rings is 1. The fourth-order valence-electron chi connectivity index (χ4n) is 4.43. The molecule has 7 heteroatoms. The molecule has 2 aliphatic rings. The normalized spacial score (nSPS) is 21.1. The third-order valence-corrected chi connectivity index (χ3v) is 5.72. The summed E-state index contributed by atoms with van der Waals surface area (Å²) >= 11 is 0. The average Bonchev–Trinajstić information content (AvgIpc) is 3.07. The van der Waals surface area contributed by atoms with Gasteiger partial charge in [0.15, 0.2) is 0 Å². The Labute approximate surface area is 194 Å². The van der Waals surface area contributed by atoms with Gasteiger partial charge in [-0.05, 0) is 38.5 Å². The summed E-state index contributed by atoms with van der Waals surface area (Å²) < 4.78 is 17.2. The van der Waals surface area contributed by atoms with Crippen molar-refractivity contribution in [3.8, 4) is 11.5 Å². The van der Waals surface area contributed by atoms with Crippen molar-refractivity contribution in [3.63, 3.8) is 0 Å². The molecule has 2 aromatic carbocycles. The van der Waals surface area contributed by atoms with Gasteiger partial charge >= 0.3 is 0 Å². The van der Waals surface area contributed by atoms with Crippen LogP contribution < -0.4 is 14.4 Å². The zero-order valence-corrected chi connectivity index (χ0v) is 19.5. The van der Waals surface area contributed by atoms with Crippen molar-refractivity contribution in [2.75, 3.05) is 31.7 Å².